The second-order valence-corrected chi connectivity index (χ2v) is 8.16. The third kappa shape index (κ3) is 3.16. The second-order valence-electron chi connectivity index (χ2n) is 5.05. The topological polar surface area (TPSA) is 63.2 Å². The van der Waals surface area contributed by atoms with Crippen LogP contribution in [-0.2, 0) is 27.5 Å². The summed E-state index contributed by atoms with van der Waals surface area (Å²) in [5.74, 6) is 0.125. The van der Waals surface area contributed by atoms with Gasteiger partial charge in [-0.05, 0) is 48.1 Å². The van der Waals surface area contributed by atoms with Crippen molar-refractivity contribution in [1.82, 2.24) is 0 Å². The number of anilines is 1. The van der Waals surface area contributed by atoms with Gasteiger partial charge in [-0.1, -0.05) is 6.07 Å². The van der Waals surface area contributed by atoms with Crippen LogP contribution in [0.15, 0.2) is 40.6 Å². The van der Waals surface area contributed by atoms with Gasteiger partial charge in [-0.2, -0.15) is 0 Å². The first-order valence-electron chi connectivity index (χ1n) is 6.72. The Hall–Kier alpha value is -1.66. The van der Waals surface area contributed by atoms with Gasteiger partial charge in [-0.3, -0.25) is 4.79 Å². The zero-order valence-corrected chi connectivity index (χ0v) is 13.0. The maximum absolute atomic E-state index is 12.0. The molecular weight excluding hydrogens is 306 g/mol. The van der Waals surface area contributed by atoms with E-state index in [4.69, 9.17) is 0 Å². The van der Waals surface area contributed by atoms with Gasteiger partial charge in [0.2, 0.25) is 5.91 Å². The van der Waals surface area contributed by atoms with Crippen LogP contribution in [0.3, 0.4) is 0 Å². The molecule has 2 aromatic rings. The Bertz CT molecular complexity index is 764. The molecule has 0 spiro atoms. The van der Waals surface area contributed by atoms with E-state index in [0.29, 0.717) is 23.4 Å². The summed E-state index contributed by atoms with van der Waals surface area (Å²) in [6.07, 6.45) is 1.72. The number of sulfone groups is 1. The van der Waals surface area contributed by atoms with E-state index >= 15 is 0 Å². The molecule has 110 valence electrons. The number of hydrogen-bond donors (Lipinski definition) is 1. The minimum atomic E-state index is -3.14. The van der Waals surface area contributed by atoms with Crippen LogP contribution in [-0.4, -0.2) is 20.1 Å². The van der Waals surface area contributed by atoms with Crippen molar-refractivity contribution in [3.8, 4) is 0 Å². The van der Waals surface area contributed by atoms with Crippen molar-refractivity contribution in [2.75, 3.05) is 11.1 Å². The molecular formula is C15H15NO3S2. The van der Waals surface area contributed by atoms with E-state index in [-0.39, 0.29) is 11.7 Å². The van der Waals surface area contributed by atoms with Crippen molar-refractivity contribution in [3.05, 3.63) is 46.2 Å². The van der Waals surface area contributed by atoms with Crippen molar-refractivity contribution in [3.63, 3.8) is 0 Å². The fourth-order valence-electron chi connectivity index (χ4n) is 2.50. The van der Waals surface area contributed by atoms with E-state index in [1.807, 2.05) is 17.5 Å². The average molecular weight is 321 g/mol. The Morgan fingerprint density at radius 1 is 1.29 bits per heavy atom. The molecule has 2 heterocycles. The van der Waals surface area contributed by atoms with E-state index in [2.05, 4.69) is 5.32 Å². The van der Waals surface area contributed by atoms with Gasteiger partial charge in [0.25, 0.3) is 0 Å². The summed E-state index contributed by atoms with van der Waals surface area (Å²) < 4.78 is 23.9. The summed E-state index contributed by atoms with van der Waals surface area (Å²) in [6, 6.07) is 8.87. The molecule has 0 aliphatic carbocycles. The minimum Gasteiger partial charge on any atom is -0.326 e. The maximum atomic E-state index is 12.0. The van der Waals surface area contributed by atoms with Gasteiger partial charge in [0.15, 0.2) is 9.84 Å². The molecule has 0 saturated heterocycles. The quantitative estimate of drug-likeness (QED) is 0.945. The number of carbonyl (C=O) groups excluding carboxylic acids is 1. The first-order chi connectivity index (χ1) is 10.0. The highest BCUT2D eigenvalue weighted by molar-refractivity contribution is 7.91. The highest BCUT2D eigenvalue weighted by atomic mass is 32.2. The van der Waals surface area contributed by atoms with Gasteiger partial charge in [0.1, 0.15) is 0 Å². The smallest absolute Gasteiger partial charge is 0.229 e. The Morgan fingerprint density at radius 2 is 2.14 bits per heavy atom. The lowest BCUT2D eigenvalue weighted by molar-refractivity contribution is -0.115. The summed E-state index contributed by atoms with van der Waals surface area (Å²) in [4.78, 5) is 13.4. The number of hydrogen-bond acceptors (Lipinski definition) is 4. The molecule has 0 bridgehead atoms. The molecule has 6 heteroatoms. The van der Waals surface area contributed by atoms with Gasteiger partial charge < -0.3 is 5.32 Å². The predicted octanol–water partition coefficient (Wildman–Crippen LogP) is 2.65. The van der Waals surface area contributed by atoms with Crippen molar-refractivity contribution < 1.29 is 13.2 Å². The van der Waals surface area contributed by atoms with Crippen LogP contribution in [0.1, 0.15) is 16.9 Å². The Labute approximate surface area is 127 Å². The molecule has 1 aromatic carbocycles. The third-order valence-electron chi connectivity index (χ3n) is 3.45. The Kier molecular flexibility index (Phi) is 3.82. The molecule has 1 aliphatic heterocycles. The van der Waals surface area contributed by atoms with Gasteiger partial charge in [0, 0.05) is 10.6 Å². The zero-order chi connectivity index (χ0) is 14.9. The van der Waals surface area contributed by atoms with Gasteiger partial charge in [-0.25, -0.2) is 8.42 Å². The normalized spacial score (nSPS) is 16.2. The van der Waals surface area contributed by atoms with Crippen molar-refractivity contribution in [1.29, 1.82) is 0 Å². The standard InChI is InChI=1S/C15H15NO3S2/c17-15(10-13-4-1-7-20-13)16-12-5-6-14-11(9-12)3-2-8-21(14,18)19/h1,4-7,9H,2-3,8,10H2,(H,16,17). The molecule has 3 rings (SSSR count). The maximum Gasteiger partial charge on any atom is 0.229 e. The molecule has 0 fully saturated rings. The molecule has 1 amide bonds. The third-order valence-corrected chi connectivity index (χ3v) is 6.22. The lowest BCUT2D eigenvalue weighted by Gasteiger charge is -2.17. The van der Waals surface area contributed by atoms with Gasteiger partial charge in [-0.15, -0.1) is 11.3 Å². The molecule has 0 radical (unpaired) electrons. The molecule has 0 atom stereocenters. The fraction of sp³-hybridized carbons (Fsp3) is 0.267. The number of fused-ring (bicyclic) bond motifs is 1. The van der Waals surface area contributed by atoms with Crippen LogP contribution >= 0.6 is 11.3 Å². The van der Waals surface area contributed by atoms with Crippen LogP contribution < -0.4 is 5.32 Å². The van der Waals surface area contributed by atoms with Crippen molar-refractivity contribution in [2.24, 2.45) is 0 Å². The second kappa shape index (κ2) is 5.61. The van der Waals surface area contributed by atoms with Crippen LogP contribution in [0, 0.1) is 0 Å². The van der Waals surface area contributed by atoms with E-state index in [1.165, 1.54) is 0 Å². The molecule has 0 unspecified atom stereocenters. The van der Waals surface area contributed by atoms with Crippen LogP contribution in [0.4, 0.5) is 5.69 Å². The van der Waals surface area contributed by atoms with E-state index < -0.39 is 9.84 Å². The molecule has 0 saturated carbocycles. The summed E-state index contributed by atoms with van der Waals surface area (Å²) in [7, 11) is -3.14. The number of rotatable bonds is 3. The highest BCUT2D eigenvalue weighted by Crippen LogP contribution is 2.27. The highest BCUT2D eigenvalue weighted by Gasteiger charge is 2.23. The van der Waals surface area contributed by atoms with E-state index in [1.54, 1.807) is 29.5 Å². The average Bonchev–Trinajstić information content (AvgIpc) is 2.90. The number of nitrogens with one attached hydrogen (secondary N) is 1. The fourth-order valence-corrected chi connectivity index (χ4v) is 4.78. The van der Waals surface area contributed by atoms with Gasteiger partial charge >= 0.3 is 0 Å². The van der Waals surface area contributed by atoms with E-state index in [0.717, 1.165) is 16.9 Å². The summed E-state index contributed by atoms with van der Waals surface area (Å²) in [6.45, 7) is 0. The summed E-state index contributed by atoms with van der Waals surface area (Å²) >= 11 is 1.54. The van der Waals surface area contributed by atoms with Gasteiger partial charge in [0.05, 0.1) is 17.1 Å². The number of carbonyl (C=O) groups is 1. The lowest BCUT2D eigenvalue weighted by atomic mass is 10.1. The van der Waals surface area contributed by atoms with Crippen LogP contribution in [0.2, 0.25) is 0 Å². The summed E-state index contributed by atoms with van der Waals surface area (Å²) in [5, 5.41) is 4.77. The summed E-state index contributed by atoms with van der Waals surface area (Å²) in [5.41, 5.74) is 1.46. The monoisotopic (exact) mass is 321 g/mol. The largest absolute Gasteiger partial charge is 0.326 e. The van der Waals surface area contributed by atoms with E-state index in [9.17, 15) is 13.2 Å². The molecule has 4 nitrogen and oxygen atoms in total. The minimum absolute atomic E-state index is 0.0870. The molecule has 1 aliphatic rings. The number of amides is 1. The SMILES string of the molecule is O=C(Cc1cccs1)Nc1ccc2c(c1)CCCS2(=O)=O. The Morgan fingerprint density at radius 3 is 2.90 bits per heavy atom. The van der Waals surface area contributed by atoms with Crippen molar-refractivity contribution in [2.45, 2.75) is 24.2 Å². The van der Waals surface area contributed by atoms with Crippen LogP contribution in [0.25, 0.3) is 0 Å². The predicted molar refractivity (Wildman–Crippen MR) is 83.5 cm³/mol. The first kappa shape index (κ1) is 14.3. The number of thiophene rings is 1. The molecule has 21 heavy (non-hydrogen) atoms. The molecule has 1 aromatic heterocycles. The lowest BCUT2D eigenvalue weighted by Crippen LogP contribution is -2.18. The first-order valence-corrected chi connectivity index (χ1v) is 9.26. The zero-order valence-electron chi connectivity index (χ0n) is 11.3. The Balaban J connectivity index is 1.77. The van der Waals surface area contributed by atoms with Crippen molar-refractivity contribution >= 4 is 32.8 Å². The molecule has 1 N–H and O–H groups in total. The van der Waals surface area contributed by atoms with Crippen LogP contribution in [0.5, 0.6) is 0 Å². The number of aryl methyl sites for hydroxylation is 1. The number of benzene rings is 1.